The van der Waals surface area contributed by atoms with Crippen LogP contribution < -0.4 is 10.3 Å². The molecule has 0 unspecified atom stereocenters. The highest BCUT2D eigenvalue weighted by atomic mass is 15.7. The lowest BCUT2D eigenvalue weighted by atomic mass is 10.2. The predicted molar refractivity (Wildman–Crippen MR) is 59.4 cm³/mol. The van der Waals surface area contributed by atoms with Crippen molar-refractivity contribution < 1.29 is 0 Å². The number of hydrogen-bond donors (Lipinski definition) is 1. The Labute approximate surface area is 83.1 Å². The summed E-state index contributed by atoms with van der Waals surface area (Å²) in [6.45, 7) is 0. The Morgan fingerprint density at radius 2 is 2.00 bits per heavy atom. The van der Waals surface area contributed by atoms with Gasteiger partial charge in [0.1, 0.15) is 0 Å². The Balaban J connectivity index is 2.63. The van der Waals surface area contributed by atoms with Crippen molar-refractivity contribution in [2.75, 3.05) is 26.9 Å². The average Bonchev–Trinajstić information content (AvgIpc) is 2.45. The third-order valence-corrected chi connectivity index (χ3v) is 2.13. The predicted octanol–water partition coefficient (Wildman–Crippen LogP) is 0.947. The number of fused-ring (bicyclic) bond motifs is 1. The van der Waals surface area contributed by atoms with Gasteiger partial charge >= 0.3 is 0 Å². The fraction of sp³-hybridized carbons (Fsp3) is 0.300. The summed E-state index contributed by atoms with van der Waals surface area (Å²) in [5.74, 6) is 0. The first kappa shape index (κ1) is 9.02. The Morgan fingerprint density at radius 3 is 2.64 bits per heavy atom. The third kappa shape index (κ3) is 1.44. The van der Waals surface area contributed by atoms with E-state index in [0.29, 0.717) is 4.59 Å². The smallest absolute Gasteiger partial charge is 0.0979 e. The van der Waals surface area contributed by atoms with Crippen molar-refractivity contribution in [3.05, 3.63) is 24.4 Å². The van der Waals surface area contributed by atoms with Crippen LogP contribution in [0.5, 0.6) is 0 Å². The van der Waals surface area contributed by atoms with Crippen LogP contribution in [0.15, 0.2) is 24.4 Å². The molecule has 2 aromatic rings. The third-order valence-electron chi connectivity index (χ3n) is 2.13. The molecule has 0 spiro atoms. The SMILES string of the molecule is C[N+](C)(C)n1cc2cc(N)ccc2n1. The van der Waals surface area contributed by atoms with Gasteiger partial charge in [-0.1, -0.05) is 0 Å². The molecule has 2 rings (SSSR count). The van der Waals surface area contributed by atoms with Crippen LogP contribution in [0.4, 0.5) is 5.69 Å². The first-order chi connectivity index (χ1) is 6.47. The fourth-order valence-corrected chi connectivity index (χ4v) is 1.34. The zero-order valence-electron chi connectivity index (χ0n) is 8.73. The van der Waals surface area contributed by atoms with Crippen molar-refractivity contribution in [2.24, 2.45) is 0 Å². The van der Waals surface area contributed by atoms with E-state index in [2.05, 4.69) is 26.2 Å². The van der Waals surface area contributed by atoms with E-state index in [1.165, 1.54) is 0 Å². The van der Waals surface area contributed by atoms with Gasteiger partial charge in [-0.25, -0.2) is 4.59 Å². The summed E-state index contributed by atoms with van der Waals surface area (Å²) >= 11 is 0. The fourth-order valence-electron chi connectivity index (χ4n) is 1.34. The molecule has 0 aliphatic heterocycles. The summed E-state index contributed by atoms with van der Waals surface area (Å²) in [5.41, 5.74) is 7.46. The van der Waals surface area contributed by atoms with Crippen LogP contribution in [0.3, 0.4) is 0 Å². The van der Waals surface area contributed by atoms with Crippen molar-refractivity contribution in [1.82, 2.24) is 14.5 Å². The molecule has 4 heteroatoms. The van der Waals surface area contributed by atoms with E-state index in [4.69, 9.17) is 5.73 Å². The molecule has 1 aromatic heterocycles. The molecule has 1 aromatic carbocycles. The summed E-state index contributed by atoms with van der Waals surface area (Å²) < 4.78 is 0.647. The lowest BCUT2D eigenvalue weighted by Gasteiger charge is -2.21. The maximum atomic E-state index is 5.70. The zero-order chi connectivity index (χ0) is 10.3. The number of aromatic nitrogens is 2. The molecule has 0 fully saturated rings. The summed E-state index contributed by atoms with van der Waals surface area (Å²) in [6, 6.07) is 5.75. The van der Waals surface area contributed by atoms with Gasteiger partial charge < -0.3 is 5.73 Å². The monoisotopic (exact) mass is 191 g/mol. The van der Waals surface area contributed by atoms with E-state index < -0.39 is 0 Å². The minimum Gasteiger partial charge on any atom is -0.399 e. The first-order valence-electron chi connectivity index (χ1n) is 4.54. The quantitative estimate of drug-likeness (QED) is 0.538. The minimum atomic E-state index is 0.647. The van der Waals surface area contributed by atoms with E-state index in [-0.39, 0.29) is 0 Å². The van der Waals surface area contributed by atoms with Crippen molar-refractivity contribution in [2.45, 2.75) is 0 Å². The molecule has 0 saturated heterocycles. The van der Waals surface area contributed by atoms with Crippen molar-refractivity contribution in [3.63, 3.8) is 0 Å². The summed E-state index contributed by atoms with van der Waals surface area (Å²) in [5, 5.41) is 5.54. The Hall–Kier alpha value is -1.55. The summed E-state index contributed by atoms with van der Waals surface area (Å²) in [6.07, 6.45) is 2.01. The van der Waals surface area contributed by atoms with E-state index in [1.807, 2.05) is 29.2 Å². The van der Waals surface area contributed by atoms with Crippen LogP contribution in [-0.2, 0) is 0 Å². The highest BCUT2D eigenvalue weighted by Gasteiger charge is 2.12. The van der Waals surface area contributed by atoms with E-state index in [1.54, 1.807) is 0 Å². The number of rotatable bonds is 1. The van der Waals surface area contributed by atoms with Gasteiger partial charge in [-0.3, -0.25) is 0 Å². The number of nitrogens with zero attached hydrogens (tertiary/aromatic N) is 3. The van der Waals surface area contributed by atoms with Crippen LogP contribution in [0, 0.1) is 0 Å². The summed E-state index contributed by atoms with van der Waals surface area (Å²) in [7, 11) is 6.19. The van der Waals surface area contributed by atoms with Crippen LogP contribution in [0.1, 0.15) is 0 Å². The normalized spacial score (nSPS) is 12.2. The maximum absolute atomic E-state index is 5.70. The molecule has 14 heavy (non-hydrogen) atoms. The lowest BCUT2D eigenvalue weighted by molar-refractivity contribution is 0.227. The van der Waals surface area contributed by atoms with E-state index >= 15 is 0 Å². The van der Waals surface area contributed by atoms with Gasteiger partial charge in [-0.05, 0) is 18.2 Å². The second-order valence-corrected chi connectivity index (χ2v) is 4.31. The number of anilines is 1. The van der Waals surface area contributed by atoms with Crippen molar-refractivity contribution >= 4 is 16.6 Å². The highest BCUT2D eigenvalue weighted by Crippen LogP contribution is 2.16. The van der Waals surface area contributed by atoms with Gasteiger partial charge in [-0.2, -0.15) is 0 Å². The lowest BCUT2D eigenvalue weighted by Crippen LogP contribution is -2.46. The standard InChI is InChI=1S/C10H15N4/c1-14(2,3)13-7-8-6-9(11)4-5-10(8)12-13/h4-7H,11H2,1-3H3/q+1. The summed E-state index contributed by atoms with van der Waals surface area (Å²) in [4.78, 5) is 1.91. The highest BCUT2D eigenvalue weighted by molar-refractivity contribution is 5.81. The van der Waals surface area contributed by atoms with E-state index in [0.717, 1.165) is 16.6 Å². The molecular weight excluding hydrogens is 176 g/mol. The Bertz CT molecular complexity index is 464. The van der Waals surface area contributed by atoms with Crippen LogP contribution in [0.2, 0.25) is 0 Å². The van der Waals surface area contributed by atoms with Gasteiger partial charge in [0.05, 0.1) is 32.9 Å². The second-order valence-electron chi connectivity index (χ2n) is 4.31. The van der Waals surface area contributed by atoms with Gasteiger partial charge in [0.25, 0.3) is 0 Å². The Kier molecular flexibility index (Phi) is 1.75. The molecule has 0 aliphatic rings. The van der Waals surface area contributed by atoms with Gasteiger partial charge in [0, 0.05) is 11.1 Å². The molecule has 0 amide bonds. The molecule has 74 valence electrons. The molecule has 0 saturated carbocycles. The molecule has 0 radical (unpaired) electrons. The molecule has 2 N–H and O–H groups in total. The van der Waals surface area contributed by atoms with Gasteiger partial charge in [-0.15, -0.1) is 9.89 Å². The maximum Gasteiger partial charge on any atom is 0.0979 e. The molecule has 0 aliphatic carbocycles. The van der Waals surface area contributed by atoms with Gasteiger partial charge in [0.2, 0.25) is 0 Å². The molecule has 0 bridgehead atoms. The molecule has 4 nitrogen and oxygen atoms in total. The minimum absolute atomic E-state index is 0.647. The number of nitrogen functional groups attached to an aromatic ring is 1. The number of benzene rings is 1. The second kappa shape index (κ2) is 2.72. The van der Waals surface area contributed by atoms with Crippen LogP contribution in [0.25, 0.3) is 10.9 Å². The van der Waals surface area contributed by atoms with Crippen molar-refractivity contribution in [3.8, 4) is 0 Å². The first-order valence-corrected chi connectivity index (χ1v) is 4.54. The molecule has 0 atom stereocenters. The van der Waals surface area contributed by atoms with E-state index in [9.17, 15) is 0 Å². The van der Waals surface area contributed by atoms with Crippen LogP contribution in [-0.4, -0.2) is 31.0 Å². The molecular formula is C10H15N4+. The largest absolute Gasteiger partial charge is 0.399 e. The van der Waals surface area contributed by atoms with Gasteiger partial charge in [0.15, 0.2) is 0 Å². The Morgan fingerprint density at radius 1 is 1.29 bits per heavy atom. The average molecular weight is 191 g/mol. The van der Waals surface area contributed by atoms with Crippen molar-refractivity contribution in [1.29, 1.82) is 0 Å². The topological polar surface area (TPSA) is 43.8 Å². The number of quaternary nitrogens is 1. The molecule has 1 heterocycles. The number of hydrogen-bond acceptors (Lipinski definition) is 2. The number of nitrogens with two attached hydrogens (primary N) is 1. The van der Waals surface area contributed by atoms with Crippen LogP contribution >= 0.6 is 0 Å². The zero-order valence-corrected chi connectivity index (χ0v) is 8.73.